The van der Waals surface area contributed by atoms with Crippen molar-refractivity contribution in [1.29, 1.82) is 0 Å². The van der Waals surface area contributed by atoms with E-state index >= 15 is 0 Å². The van der Waals surface area contributed by atoms with Crippen LogP contribution in [0.25, 0.3) is 11.4 Å². The lowest BCUT2D eigenvalue weighted by atomic mass is 10.2. The lowest BCUT2D eigenvalue weighted by Gasteiger charge is -2.11. The van der Waals surface area contributed by atoms with Gasteiger partial charge < -0.3 is 14.6 Å². The van der Waals surface area contributed by atoms with Crippen LogP contribution in [0.5, 0.6) is 0 Å². The van der Waals surface area contributed by atoms with Crippen LogP contribution in [-0.4, -0.2) is 39.6 Å². The first-order valence-corrected chi connectivity index (χ1v) is 11.3. The first-order valence-electron chi connectivity index (χ1n) is 9.52. The highest BCUT2D eigenvalue weighted by Crippen LogP contribution is 2.26. The van der Waals surface area contributed by atoms with Crippen LogP contribution >= 0.6 is 35.0 Å². The fourth-order valence-electron chi connectivity index (χ4n) is 2.77. The molecular weight excluding hydrogens is 443 g/mol. The van der Waals surface area contributed by atoms with Crippen molar-refractivity contribution >= 4 is 46.6 Å². The first kappa shape index (κ1) is 22.6. The van der Waals surface area contributed by atoms with Crippen molar-refractivity contribution in [2.45, 2.75) is 25.0 Å². The van der Waals surface area contributed by atoms with E-state index in [2.05, 4.69) is 15.5 Å². The molecule has 1 N–H and O–H groups in total. The van der Waals surface area contributed by atoms with Crippen LogP contribution in [0.3, 0.4) is 0 Å². The molecule has 0 aliphatic heterocycles. The van der Waals surface area contributed by atoms with E-state index in [0.717, 1.165) is 17.8 Å². The molecule has 0 atom stereocenters. The summed E-state index contributed by atoms with van der Waals surface area (Å²) in [6.07, 6.45) is 0.810. The van der Waals surface area contributed by atoms with Crippen molar-refractivity contribution in [3.05, 3.63) is 58.6 Å². The Balaban J connectivity index is 1.71. The summed E-state index contributed by atoms with van der Waals surface area (Å²) < 4.78 is 7.46. The number of hydrogen-bond acceptors (Lipinski definition) is 5. The summed E-state index contributed by atoms with van der Waals surface area (Å²) in [6, 6.07) is 14.5. The van der Waals surface area contributed by atoms with Gasteiger partial charge in [0.2, 0.25) is 5.91 Å². The van der Waals surface area contributed by atoms with Crippen LogP contribution in [0.1, 0.15) is 13.3 Å². The third-order valence-electron chi connectivity index (χ3n) is 4.13. The van der Waals surface area contributed by atoms with E-state index in [-0.39, 0.29) is 11.7 Å². The predicted octanol–water partition coefficient (Wildman–Crippen LogP) is 5.41. The van der Waals surface area contributed by atoms with E-state index in [1.807, 2.05) is 35.8 Å². The van der Waals surface area contributed by atoms with Crippen LogP contribution < -0.4 is 5.32 Å². The number of carbonyl (C=O) groups is 1. The Hall–Kier alpha value is -2.06. The minimum absolute atomic E-state index is 0.129. The van der Waals surface area contributed by atoms with Crippen molar-refractivity contribution in [2.24, 2.45) is 0 Å². The normalized spacial score (nSPS) is 10.9. The van der Waals surface area contributed by atoms with Crippen LogP contribution in [0.2, 0.25) is 10.0 Å². The molecule has 0 radical (unpaired) electrons. The largest absolute Gasteiger partial charge is 0.382 e. The third kappa shape index (κ3) is 6.47. The van der Waals surface area contributed by atoms with E-state index in [0.29, 0.717) is 40.6 Å². The van der Waals surface area contributed by atoms with E-state index < -0.39 is 0 Å². The Morgan fingerprint density at radius 3 is 2.67 bits per heavy atom. The minimum Gasteiger partial charge on any atom is -0.382 e. The van der Waals surface area contributed by atoms with Crippen molar-refractivity contribution in [2.75, 3.05) is 24.3 Å². The molecule has 1 heterocycles. The minimum atomic E-state index is -0.129. The average molecular weight is 465 g/mol. The third-order valence-corrected chi connectivity index (χ3v) is 5.59. The zero-order valence-electron chi connectivity index (χ0n) is 16.5. The molecule has 0 spiro atoms. The van der Waals surface area contributed by atoms with Gasteiger partial charge in [-0.25, -0.2) is 0 Å². The number of thioether (sulfide) groups is 1. The molecule has 0 aliphatic carbocycles. The molecule has 3 rings (SSSR count). The molecule has 0 aliphatic rings. The second-order valence-electron chi connectivity index (χ2n) is 6.36. The summed E-state index contributed by atoms with van der Waals surface area (Å²) in [5.41, 5.74) is 1.58. The number of aromatic nitrogens is 3. The van der Waals surface area contributed by atoms with Gasteiger partial charge in [0.05, 0.1) is 5.75 Å². The van der Waals surface area contributed by atoms with Gasteiger partial charge >= 0.3 is 0 Å². The highest BCUT2D eigenvalue weighted by Gasteiger charge is 2.16. The molecule has 0 saturated carbocycles. The number of anilines is 1. The number of amides is 1. The Kier molecular flexibility index (Phi) is 8.57. The zero-order chi connectivity index (χ0) is 21.3. The molecule has 0 unspecified atom stereocenters. The Morgan fingerprint density at radius 2 is 1.93 bits per heavy atom. The molecule has 30 heavy (non-hydrogen) atoms. The van der Waals surface area contributed by atoms with Gasteiger partial charge in [0.25, 0.3) is 0 Å². The number of nitrogens with one attached hydrogen (secondary N) is 1. The maximum absolute atomic E-state index is 12.3. The molecule has 3 aromatic rings. The number of nitrogens with zero attached hydrogens (tertiary/aromatic N) is 3. The van der Waals surface area contributed by atoms with Gasteiger partial charge in [0.15, 0.2) is 11.0 Å². The lowest BCUT2D eigenvalue weighted by molar-refractivity contribution is -0.113. The quantitative estimate of drug-likeness (QED) is 0.320. The van der Waals surface area contributed by atoms with Crippen LogP contribution in [0.4, 0.5) is 5.69 Å². The molecule has 0 saturated heterocycles. The Morgan fingerprint density at radius 1 is 1.13 bits per heavy atom. The van der Waals surface area contributed by atoms with E-state index in [1.54, 1.807) is 24.3 Å². The topological polar surface area (TPSA) is 69.0 Å². The van der Waals surface area contributed by atoms with Crippen molar-refractivity contribution in [1.82, 2.24) is 14.8 Å². The highest BCUT2D eigenvalue weighted by molar-refractivity contribution is 7.99. The fourth-order valence-corrected chi connectivity index (χ4v) is 3.85. The number of benzene rings is 2. The molecule has 2 aromatic carbocycles. The lowest BCUT2D eigenvalue weighted by Crippen LogP contribution is -2.14. The molecule has 0 bridgehead atoms. The van der Waals surface area contributed by atoms with E-state index in [4.69, 9.17) is 27.9 Å². The second kappa shape index (κ2) is 11.4. The van der Waals surface area contributed by atoms with Crippen LogP contribution in [0, 0.1) is 0 Å². The summed E-state index contributed by atoms with van der Waals surface area (Å²) in [5, 5.41) is 13.4. The number of halogens is 2. The molecular formula is C21H22Cl2N4O2S. The summed E-state index contributed by atoms with van der Waals surface area (Å²) in [5.74, 6) is 0.798. The van der Waals surface area contributed by atoms with Gasteiger partial charge in [0, 0.05) is 41.1 Å². The molecule has 0 fully saturated rings. The number of carbonyl (C=O) groups excluding carboxylic acids is 1. The standard InChI is InChI=1S/C21H22Cl2N4O2S/c1-2-29-12-4-11-27-20(15-5-3-6-17(23)13-15)25-26-21(27)30-14-19(28)24-18-9-7-16(22)8-10-18/h3,5-10,13H,2,4,11-12,14H2,1H3,(H,24,28). The predicted molar refractivity (Wildman–Crippen MR) is 122 cm³/mol. The maximum Gasteiger partial charge on any atom is 0.234 e. The Labute approximate surface area is 189 Å². The summed E-state index contributed by atoms with van der Waals surface area (Å²) in [4.78, 5) is 12.3. The maximum atomic E-state index is 12.3. The summed E-state index contributed by atoms with van der Waals surface area (Å²) >= 11 is 13.4. The molecule has 1 aromatic heterocycles. The van der Waals surface area contributed by atoms with Gasteiger partial charge in [-0.1, -0.05) is 47.1 Å². The van der Waals surface area contributed by atoms with E-state index in [1.165, 1.54) is 11.8 Å². The molecule has 1 amide bonds. The molecule has 9 heteroatoms. The number of rotatable bonds is 10. The fraction of sp³-hybridized carbons (Fsp3) is 0.286. The monoisotopic (exact) mass is 464 g/mol. The first-order chi connectivity index (χ1) is 14.6. The number of hydrogen-bond donors (Lipinski definition) is 1. The molecule has 158 valence electrons. The van der Waals surface area contributed by atoms with Crippen molar-refractivity contribution < 1.29 is 9.53 Å². The zero-order valence-corrected chi connectivity index (χ0v) is 18.8. The summed E-state index contributed by atoms with van der Waals surface area (Å²) in [6.45, 7) is 3.97. The van der Waals surface area contributed by atoms with Gasteiger partial charge in [-0.2, -0.15) is 0 Å². The summed E-state index contributed by atoms with van der Waals surface area (Å²) in [7, 11) is 0. The Bertz CT molecular complexity index is 979. The van der Waals surface area contributed by atoms with Gasteiger partial charge in [-0.15, -0.1) is 10.2 Å². The number of ether oxygens (including phenoxy) is 1. The molecule has 6 nitrogen and oxygen atoms in total. The van der Waals surface area contributed by atoms with Crippen LogP contribution in [0.15, 0.2) is 53.7 Å². The average Bonchev–Trinajstić information content (AvgIpc) is 3.14. The highest BCUT2D eigenvalue weighted by atomic mass is 35.5. The van der Waals surface area contributed by atoms with Gasteiger partial charge in [0.1, 0.15) is 0 Å². The van der Waals surface area contributed by atoms with Crippen molar-refractivity contribution in [3.63, 3.8) is 0 Å². The smallest absolute Gasteiger partial charge is 0.234 e. The van der Waals surface area contributed by atoms with E-state index in [9.17, 15) is 4.79 Å². The van der Waals surface area contributed by atoms with Crippen LogP contribution in [-0.2, 0) is 16.1 Å². The van der Waals surface area contributed by atoms with Crippen molar-refractivity contribution in [3.8, 4) is 11.4 Å². The SMILES string of the molecule is CCOCCCn1c(SCC(=O)Nc2ccc(Cl)cc2)nnc1-c1cccc(Cl)c1. The second-order valence-corrected chi connectivity index (χ2v) is 8.18. The van der Waals surface area contributed by atoms with Gasteiger partial charge in [-0.05, 0) is 49.7 Å². The van der Waals surface area contributed by atoms with Gasteiger partial charge in [-0.3, -0.25) is 4.79 Å².